The van der Waals surface area contributed by atoms with Crippen LogP contribution in [0.2, 0.25) is 0 Å². The normalized spacial score (nSPS) is 24.6. The fourth-order valence-corrected chi connectivity index (χ4v) is 7.76. The minimum atomic E-state index is -3.71. The Morgan fingerprint density at radius 1 is 1.07 bits per heavy atom. The van der Waals surface area contributed by atoms with Crippen molar-refractivity contribution in [1.29, 1.82) is 0 Å². The molecule has 0 bridgehead atoms. The Hall–Kier alpha value is -1.78. The fraction of sp³-hybridized carbons (Fsp3) is 0.368. The summed E-state index contributed by atoms with van der Waals surface area (Å²) >= 11 is 0. The van der Waals surface area contributed by atoms with E-state index in [4.69, 9.17) is 4.74 Å². The zero-order valence-corrected chi connectivity index (χ0v) is 17.1. The van der Waals surface area contributed by atoms with Gasteiger partial charge >= 0.3 is 0 Å². The van der Waals surface area contributed by atoms with E-state index in [1.54, 1.807) is 54.6 Å². The van der Waals surface area contributed by atoms with Gasteiger partial charge in [-0.2, -0.15) is 8.61 Å². The zero-order chi connectivity index (χ0) is 20.0. The van der Waals surface area contributed by atoms with Gasteiger partial charge in [-0.3, -0.25) is 0 Å². The summed E-state index contributed by atoms with van der Waals surface area (Å²) in [5.41, 5.74) is -0.243. The van der Waals surface area contributed by atoms with Gasteiger partial charge in [0.2, 0.25) is 20.0 Å². The lowest BCUT2D eigenvalue weighted by molar-refractivity contribution is 0.135. The molecule has 28 heavy (non-hydrogen) atoms. The largest absolute Gasteiger partial charge is 0.383 e. The third-order valence-corrected chi connectivity index (χ3v) is 9.41. The van der Waals surface area contributed by atoms with Crippen molar-refractivity contribution in [2.75, 3.05) is 33.4 Å². The van der Waals surface area contributed by atoms with Gasteiger partial charge in [-0.05, 0) is 30.2 Å². The van der Waals surface area contributed by atoms with Crippen molar-refractivity contribution in [2.45, 2.75) is 21.8 Å². The first-order chi connectivity index (χ1) is 13.3. The van der Waals surface area contributed by atoms with E-state index in [0.29, 0.717) is 12.0 Å². The number of ether oxygens (including phenoxy) is 1. The van der Waals surface area contributed by atoms with Crippen LogP contribution >= 0.6 is 0 Å². The molecule has 1 unspecified atom stereocenters. The minimum Gasteiger partial charge on any atom is -0.383 e. The van der Waals surface area contributed by atoms with Gasteiger partial charge in [0, 0.05) is 26.7 Å². The summed E-state index contributed by atoms with van der Waals surface area (Å²) in [7, 11) is -5.90. The second-order valence-corrected chi connectivity index (χ2v) is 10.8. The van der Waals surface area contributed by atoms with Crippen LogP contribution in [0.25, 0.3) is 0 Å². The van der Waals surface area contributed by atoms with Crippen molar-refractivity contribution >= 4 is 20.0 Å². The van der Waals surface area contributed by atoms with Crippen LogP contribution in [0.4, 0.5) is 0 Å². The Kier molecular flexibility index (Phi) is 4.83. The average Bonchev–Trinajstić information content (AvgIpc) is 3.22. The van der Waals surface area contributed by atoms with Crippen molar-refractivity contribution in [1.82, 2.24) is 8.61 Å². The molecule has 9 heteroatoms. The minimum absolute atomic E-state index is 0.0875. The fourth-order valence-electron chi connectivity index (χ4n) is 4.20. The Morgan fingerprint density at radius 3 is 2.46 bits per heavy atom. The highest BCUT2D eigenvalue weighted by molar-refractivity contribution is 7.89. The molecule has 0 aliphatic carbocycles. The topological polar surface area (TPSA) is 84.0 Å². The molecule has 0 saturated carbocycles. The summed E-state index contributed by atoms with van der Waals surface area (Å²) in [5, 5.41) is 0. The van der Waals surface area contributed by atoms with Crippen LogP contribution < -0.4 is 0 Å². The van der Waals surface area contributed by atoms with Gasteiger partial charge in [-0.25, -0.2) is 16.8 Å². The van der Waals surface area contributed by atoms with Gasteiger partial charge in [0.1, 0.15) is 0 Å². The molecule has 2 aromatic rings. The molecule has 7 nitrogen and oxygen atoms in total. The van der Waals surface area contributed by atoms with E-state index in [1.165, 1.54) is 15.7 Å². The molecule has 0 aromatic heterocycles. The van der Waals surface area contributed by atoms with Crippen LogP contribution in [-0.4, -0.2) is 58.8 Å². The Balaban J connectivity index is 1.78. The third-order valence-electron chi connectivity index (χ3n) is 5.53. The van der Waals surface area contributed by atoms with E-state index in [0.717, 1.165) is 0 Å². The molecule has 0 N–H and O–H groups in total. The second kappa shape index (κ2) is 6.93. The molecule has 150 valence electrons. The summed E-state index contributed by atoms with van der Waals surface area (Å²) in [6, 6.07) is 15.1. The maximum Gasteiger partial charge on any atom is 0.244 e. The summed E-state index contributed by atoms with van der Waals surface area (Å²) in [4.78, 5) is 0.467. The maximum absolute atomic E-state index is 13.2. The predicted molar refractivity (Wildman–Crippen MR) is 104 cm³/mol. The molecule has 1 saturated heterocycles. The van der Waals surface area contributed by atoms with E-state index in [-0.39, 0.29) is 36.0 Å². The van der Waals surface area contributed by atoms with Crippen molar-refractivity contribution in [3.05, 3.63) is 60.2 Å². The molecule has 0 amide bonds. The lowest BCUT2D eigenvalue weighted by atomic mass is 9.89. The van der Waals surface area contributed by atoms with Gasteiger partial charge in [-0.1, -0.05) is 36.4 Å². The Bertz CT molecular complexity index is 1090. The number of rotatable bonds is 5. The molecule has 2 aromatic carbocycles. The molecule has 2 aliphatic heterocycles. The molecule has 1 fully saturated rings. The lowest BCUT2D eigenvalue weighted by Gasteiger charge is -2.33. The number of benzene rings is 2. The van der Waals surface area contributed by atoms with Crippen molar-refractivity contribution in [2.24, 2.45) is 0 Å². The maximum atomic E-state index is 13.2. The highest BCUT2D eigenvalue weighted by Gasteiger charge is 2.58. The highest BCUT2D eigenvalue weighted by atomic mass is 32.2. The molecule has 2 aliphatic rings. The van der Waals surface area contributed by atoms with E-state index in [9.17, 15) is 16.8 Å². The molecule has 1 spiro atoms. The quantitative estimate of drug-likeness (QED) is 0.731. The van der Waals surface area contributed by atoms with E-state index < -0.39 is 25.6 Å². The summed E-state index contributed by atoms with van der Waals surface area (Å²) < 4.78 is 60.5. The van der Waals surface area contributed by atoms with Gasteiger partial charge in [0.05, 0.1) is 21.9 Å². The molecule has 4 rings (SSSR count). The molecular formula is C19H22N2O5S2. The predicted octanol–water partition coefficient (Wildman–Crippen LogP) is 1.63. The number of fused-ring (bicyclic) bond motifs is 2. The SMILES string of the molecule is COCCN1C2(CCN(S(=O)(=O)c3ccccc3)C2)c2ccccc2S1(=O)=O. The molecular weight excluding hydrogens is 400 g/mol. The molecule has 2 heterocycles. The summed E-state index contributed by atoms with van der Waals surface area (Å²) in [6.07, 6.45) is 0.402. The Labute approximate surface area is 165 Å². The third kappa shape index (κ3) is 2.81. The van der Waals surface area contributed by atoms with Crippen LogP contribution in [0.1, 0.15) is 12.0 Å². The van der Waals surface area contributed by atoms with Gasteiger partial charge in [0.25, 0.3) is 0 Å². The second-order valence-electron chi connectivity index (χ2n) is 7.00. The van der Waals surface area contributed by atoms with Gasteiger partial charge < -0.3 is 4.74 Å². The first kappa shape index (κ1) is 19.5. The van der Waals surface area contributed by atoms with Crippen LogP contribution in [0, 0.1) is 0 Å². The van der Waals surface area contributed by atoms with Crippen molar-refractivity contribution in [3.63, 3.8) is 0 Å². The highest BCUT2D eigenvalue weighted by Crippen LogP contribution is 2.49. The number of sulfonamides is 2. The first-order valence-electron chi connectivity index (χ1n) is 9.00. The number of hydrogen-bond donors (Lipinski definition) is 0. The lowest BCUT2D eigenvalue weighted by Crippen LogP contribution is -2.47. The number of hydrogen-bond acceptors (Lipinski definition) is 5. The molecule has 1 atom stereocenters. The van der Waals surface area contributed by atoms with E-state index >= 15 is 0 Å². The summed E-state index contributed by atoms with van der Waals surface area (Å²) in [5.74, 6) is 0. The van der Waals surface area contributed by atoms with Crippen molar-refractivity contribution < 1.29 is 21.6 Å². The number of nitrogens with zero attached hydrogens (tertiary/aromatic N) is 2. The first-order valence-corrected chi connectivity index (χ1v) is 11.9. The van der Waals surface area contributed by atoms with Gasteiger partial charge in [-0.15, -0.1) is 0 Å². The van der Waals surface area contributed by atoms with E-state index in [2.05, 4.69) is 0 Å². The van der Waals surface area contributed by atoms with Crippen LogP contribution in [0.15, 0.2) is 64.4 Å². The molecule has 0 radical (unpaired) electrons. The zero-order valence-electron chi connectivity index (χ0n) is 15.5. The summed E-state index contributed by atoms with van der Waals surface area (Å²) in [6.45, 7) is 0.752. The standard InChI is InChI=1S/C19H22N2O5S2/c1-26-14-13-21-19(17-9-5-6-10-18(17)28(21,24)25)11-12-20(15-19)27(22,23)16-7-3-2-4-8-16/h2-10H,11-15H2,1H3. The van der Waals surface area contributed by atoms with Crippen LogP contribution in [-0.2, 0) is 30.3 Å². The van der Waals surface area contributed by atoms with Crippen LogP contribution in [0.3, 0.4) is 0 Å². The number of methoxy groups -OCH3 is 1. The van der Waals surface area contributed by atoms with Crippen LogP contribution in [0.5, 0.6) is 0 Å². The van der Waals surface area contributed by atoms with Crippen molar-refractivity contribution in [3.8, 4) is 0 Å². The monoisotopic (exact) mass is 422 g/mol. The smallest absolute Gasteiger partial charge is 0.244 e. The average molecular weight is 423 g/mol. The Morgan fingerprint density at radius 2 is 1.75 bits per heavy atom. The van der Waals surface area contributed by atoms with E-state index in [1.807, 2.05) is 0 Å². The van der Waals surface area contributed by atoms with Gasteiger partial charge in [0.15, 0.2) is 0 Å².